The highest BCUT2D eigenvalue weighted by Crippen LogP contribution is 2.12. The van der Waals surface area contributed by atoms with Crippen LogP contribution in [0.1, 0.15) is 90.4 Å². The SMILES string of the molecule is CCCCCCCCCCCCCC(=O)NC(CCOC=N)C(=O)O. The van der Waals surface area contributed by atoms with Crippen molar-refractivity contribution in [1.29, 1.82) is 5.41 Å². The Morgan fingerprint density at radius 1 is 1.00 bits per heavy atom. The van der Waals surface area contributed by atoms with Crippen molar-refractivity contribution in [2.24, 2.45) is 0 Å². The summed E-state index contributed by atoms with van der Waals surface area (Å²) in [6.07, 6.45) is 14.7. The minimum atomic E-state index is -1.07. The average molecular weight is 357 g/mol. The lowest BCUT2D eigenvalue weighted by atomic mass is 10.1. The second-order valence-electron chi connectivity index (χ2n) is 6.52. The maximum atomic E-state index is 11.8. The van der Waals surface area contributed by atoms with Gasteiger partial charge in [-0.25, -0.2) is 4.79 Å². The minimum absolute atomic E-state index is 0.110. The fraction of sp³-hybridized carbons (Fsp3) is 0.842. The predicted molar refractivity (Wildman–Crippen MR) is 100.0 cm³/mol. The van der Waals surface area contributed by atoms with Crippen LogP contribution in [0.2, 0.25) is 0 Å². The quantitative estimate of drug-likeness (QED) is 0.194. The van der Waals surface area contributed by atoms with Crippen LogP contribution in [0, 0.1) is 5.41 Å². The first-order valence-electron chi connectivity index (χ1n) is 9.74. The fourth-order valence-corrected chi connectivity index (χ4v) is 2.72. The number of hydrogen-bond acceptors (Lipinski definition) is 4. The van der Waals surface area contributed by atoms with E-state index in [-0.39, 0.29) is 18.9 Å². The summed E-state index contributed by atoms with van der Waals surface area (Å²) < 4.78 is 4.70. The Bertz CT molecular complexity index is 361. The van der Waals surface area contributed by atoms with Crippen molar-refractivity contribution in [2.75, 3.05) is 6.61 Å². The lowest BCUT2D eigenvalue weighted by Crippen LogP contribution is -2.41. The molecule has 1 unspecified atom stereocenters. The van der Waals surface area contributed by atoms with Crippen LogP contribution in [-0.4, -0.2) is 36.0 Å². The number of rotatable bonds is 18. The Labute approximate surface area is 152 Å². The van der Waals surface area contributed by atoms with E-state index < -0.39 is 12.0 Å². The summed E-state index contributed by atoms with van der Waals surface area (Å²) in [6.45, 7) is 2.34. The van der Waals surface area contributed by atoms with Crippen LogP contribution >= 0.6 is 0 Å². The molecule has 0 aliphatic carbocycles. The molecule has 6 heteroatoms. The molecule has 0 radical (unpaired) electrons. The molecule has 0 rings (SSSR count). The second-order valence-corrected chi connectivity index (χ2v) is 6.52. The van der Waals surface area contributed by atoms with Gasteiger partial charge in [-0.2, -0.15) is 0 Å². The third-order valence-electron chi connectivity index (χ3n) is 4.25. The van der Waals surface area contributed by atoms with Gasteiger partial charge >= 0.3 is 5.97 Å². The zero-order valence-corrected chi connectivity index (χ0v) is 15.7. The van der Waals surface area contributed by atoms with Crippen molar-refractivity contribution in [1.82, 2.24) is 5.32 Å². The molecular weight excluding hydrogens is 320 g/mol. The molecule has 25 heavy (non-hydrogen) atoms. The Morgan fingerprint density at radius 3 is 2.00 bits per heavy atom. The average Bonchev–Trinajstić information content (AvgIpc) is 2.58. The van der Waals surface area contributed by atoms with Gasteiger partial charge in [0, 0.05) is 12.8 Å². The summed E-state index contributed by atoms with van der Waals surface area (Å²) in [5.74, 6) is -1.29. The molecule has 0 heterocycles. The van der Waals surface area contributed by atoms with Crippen molar-refractivity contribution in [3.8, 4) is 0 Å². The van der Waals surface area contributed by atoms with Crippen molar-refractivity contribution < 1.29 is 19.4 Å². The second kappa shape index (κ2) is 17.2. The minimum Gasteiger partial charge on any atom is -0.484 e. The maximum Gasteiger partial charge on any atom is 0.326 e. The van der Waals surface area contributed by atoms with Crippen molar-refractivity contribution in [2.45, 2.75) is 96.4 Å². The molecule has 0 spiro atoms. The molecule has 146 valence electrons. The third-order valence-corrected chi connectivity index (χ3v) is 4.25. The predicted octanol–water partition coefficient (Wildman–Crippen LogP) is 4.27. The molecule has 1 atom stereocenters. The number of hydrogen-bond donors (Lipinski definition) is 3. The number of aliphatic carboxylic acids is 1. The lowest BCUT2D eigenvalue weighted by Gasteiger charge is -2.14. The zero-order chi connectivity index (χ0) is 18.8. The molecule has 3 N–H and O–H groups in total. The van der Waals surface area contributed by atoms with E-state index in [1.54, 1.807) is 0 Å². The number of carboxylic acids is 1. The van der Waals surface area contributed by atoms with Crippen LogP contribution in [0.5, 0.6) is 0 Å². The van der Waals surface area contributed by atoms with Crippen LogP contribution in [0.15, 0.2) is 0 Å². The molecule has 0 aromatic heterocycles. The summed E-state index contributed by atoms with van der Waals surface area (Å²) in [6, 6.07) is -0.944. The Morgan fingerprint density at radius 2 is 1.52 bits per heavy atom. The highest BCUT2D eigenvalue weighted by molar-refractivity contribution is 5.83. The molecular formula is C19H36N2O4. The van der Waals surface area contributed by atoms with Gasteiger partial charge < -0.3 is 15.2 Å². The van der Waals surface area contributed by atoms with E-state index >= 15 is 0 Å². The van der Waals surface area contributed by atoms with Gasteiger partial charge in [0.2, 0.25) is 5.91 Å². The standard InChI is InChI=1S/C19H36N2O4/c1-2-3-4-5-6-7-8-9-10-11-12-13-18(22)21-17(19(23)24)14-15-25-16-20/h16-17,20H,2-15H2,1H3,(H,21,22)(H,23,24). The van der Waals surface area contributed by atoms with Gasteiger partial charge in [-0.15, -0.1) is 0 Å². The highest BCUT2D eigenvalue weighted by atomic mass is 16.5. The van der Waals surface area contributed by atoms with E-state index in [0.29, 0.717) is 6.42 Å². The summed E-state index contributed by atoms with van der Waals surface area (Å²) in [5.41, 5.74) is 0. The molecule has 0 saturated heterocycles. The molecule has 0 aromatic rings. The molecule has 0 bridgehead atoms. The first-order valence-corrected chi connectivity index (χ1v) is 9.74. The molecule has 6 nitrogen and oxygen atoms in total. The van der Waals surface area contributed by atoms with E-state index in [4.69, 9.17) is 15.3 Å². The molecule has 0 fully saturated rings. The zero-order valence-electron chi connectivity index (χ0n) is 15.7. The van der Waals surface area contributed by atoms with Crippen molar-refractivity contribution in [3.05, 3.63) is 0 Å². The maximum absolute atomic E-state index is 11.8. The number of carboxylic acid groups (broad SMARTS) is 1. The topological polar surface area (TPSA) is 99.5 Å². The highest BCUT2D eigenvalue weighted by Gasteiger charge is 2.19. The molecule has 0 aliphatic rings. The Balaban J connectivity index is 3.55. The largest absolute Gasteiger partial charge is 0.484 e. The van der Waals surface area contributed by atoms with E-state index in [1.165, 1.54) is 51.4 Å². The number of unbranched alkanes of at least 4 members (excludes halogenated alkanes) is 10. The van der Waals surface area contributed by atoms with Crippen LogP contribution in [-0.2, 0) is 14.3 Å². The van der Waals surface area contributed by atoms with E-state index in [2.05, 4.69) is 12.2 Å². The van der Waals surface area contributed by atoms with Crippen molar-refractivity contribution >= 4 is 18.3 Å². The van der Waals surface area contributed by atoms with E-state index in [0.717, 1.165) is 25.7 Å². The van der Waals surface area contributed by atoms with Gasteiger partial charge in [0.25, 0.3) is 0 Å². The Kier molecular flexibility index (Phi) is 16.1. The lowest BCUT2D eigenvalue weighted by molar-refractivity contribution is -0.142. The molecule has 0 aromatic carbocycles. The van der Waals surface area contributed by atoms with E-state index in [9.17, 15) is 9.59 Å². The monoisotopic (exact) mass is 356 g/mol. The summed E-state index contributed by atoms with van der Waals surface area (Å²) in [7, 11) is 0. The van der Waals surface area contributed by atoms with Crippen LogP contribution in [0.3, 0.4) is 0 Å². The first-order chi connectivity index (χ1) is 12.1. The van der Waals surface area contributed by atoms with Gasteiger partial charge in [-0.1, -0.05) is 71.1 Å². The Hall–Kier alpha value is -1.59. The number of carbonyl (C=O) groups is 2. The van der Waals surface area contributed by atoms with Gasteiger partial charge in [0.1, 0.15) is 6.04 Å². The number of ether oxygens (including phenoxy) is 1. The smallest absolute Gasteiger partial charge is 0.326 e. The summed E-state index contributed by atoms with van der Waals surface area (Å²) in [4.78, 5) is 22.9. The summed E-state index contributed by atoms with van der Waals surface area (Å²) >= 11 is 0. The molecule has 0 aliphatic heterocycles. The first kappa shape index (κ1) is 23.4. The van der Waals surface area contributed by atoms with Crippen LogP contribution < -0.4 is 5.32 Å². The number of nitrogens with one attached hydrogen (secondary N) is 2. The normalized spacial score (nSPS) is 11.7. The van der Waals surface area contributed by atoms with Gasteiger partial charge in [-0.05, 0) is 6.42 Å². The van der Waals surface area contributed by atoms with E-state index in [1.807, 2.05) is 0 Å². The van der Waals surface area contributed by atoms with Crippen LogP contribution in [0.25, 0.3) is 0 Å². The van der Waals surface area contributed by atoms with Crippen LogP contribution in [0.4, 0.5) is 0 Å². The number of carbonyl (C=O) groups excluding carboxylic acids is 1. The summed E-state index contributed by atoms with van der Waals surface area (Å²) in [5, 5.41) is 18.3. The van der Waals surface area contributed by atoms with Gasteiger partial charge in [-0.3, -0.25) is 10.2 Å². The fourth-order valence-electron chi connectivity index (χ4n) is 2.72. The van der Waals surface area contributed by atoms with Gasteiger partial charge in [0.15, 0.2) is 6.40 Å². The molecule has 1 amide bonds. The van der Waals surface area contributed by atoms with Crippen molar-refractivity contribution in [3.63, 3.8) is 0 Å². The van der Waals surface area contributed by atoms with Gasteiger partial charge in [0.05, 0.1) is 6.61 Å². The number of amides is 1. The third kappa shape index (κ3) is 15.7. The molecule has 0 saturated carbocycles.